The average molecular weight is 416 g/mol. The normalized spacial score (nSPS) is 13.5. The average Bonchev–Trinajstić information content (AvgIpc) is 3.30. The predicted octanol–water partition coefficient (Wildman–Crippen LogP) is 3.60. The molecule has 0 aliphatic rings. The Hall–Kier alpha value is -3.10. The number of hydrogen-bond donors (Lipinski definition) is 4. The fourth-order valence-electron chi connectivity index (χ4n) is 3.19. The van der Waals surface area contributed by atoms with Crippen LogP contribution in [0.3, 0.4) is 0 Å². The molecule has 1 atom stereocenters. The summed E-state index contributed by atoms with van der Waals surface area (Å²) < 4.78 is 20.2. The maximum atomic E-state index is 13.5. The van der Waals surface area contributed by atoms with E-state index >= 15 is 0 Å². The van der Waals surface area contributed by atoms with E-state index < -0.39 is 11.4 Å². The topological polar surface area (TPSA) is 103 Å². The monoisotopic (exact) mass is 415 g/mol. The number of halogens is 2. The fraction of sp³-hybridized carbons (Fsp3) is 0.200. The molecule has 0 saturated carbocycles. The van der Waals surface area contributed by atoms with Gasteiger partial charge in [-0.05, 0) is 36.2 Å². The van der Waals surface area contributed by atoms with Crippen molar-refractivity contribution in [2.45, 2.75) is 19.0 Å². The molecule has 7 nitrogen and oxygen atoms in total. The molecule has 0 spiro atoms. The second-order valence-corrected chi connectivity index (χ2v) is 7.39. The highest BCUT2D eigenvalue weighted by molar-refractivity contribution is 6.30. The SMILES string of the molecule is CC(CO)(Nc1nc2c(Cn3ccoc3=N)cccc2[nH]1)c1ccc(F)c(Cl)c1. The van der Waals surface area contributed by atoms with E-state index in [-0.39, 0.29) is 17.3 Å². The van der Waals surface area contributed by atoms with Crippen molar-refractivity contribution < 1.29 is 13.9 Å². The Morgan fingerprint density at radius 2 is 2.21 bits per heavy atom. The van der Waals surface area contributed by atoms with Gasteiger partial charge < -0.3 is 19.8 Å². The van der Waals surface area contributed by atoms with Crippen LogP contribution in [-0.4, -0.2) is 26.2 Å². The summed E-state index contributed by atoms with van der Waals surface area (Å²) in [5, 5.41) is 21.0. The Morgan fingerprint density at radius 3 is 2.90 bits per heavy atom. The third-order valence-electron chi connectivity index (χ3n) is 4.89. The molecule has 2 aromatic carbocycles. The van der Waals surface area contributed by atoms with Gasteiger partial charge in [-0.15, -0.1) is 0 Å². The molecule has 4 N–H and O–H groups in total. The van der Waals surface area contributed by atoms with E-state index in [1.165, 1.54) is 18.4 Å². The van der Waals surface area contributed by atoms with E-state index in [1.54, 1.807) is 23.8 Å². The number of benzene rings is 2. The zero-order chi connectivity index (χ0) is 20.6. The molecule has 0 amide bonds. The molecule has 9 heteroatoms. The summed E-state index contributed by atoms with van der Waals surface area (Å²) in [6.07, 6.45) is 3.15. The highest BCUT2D eigenvalue weighted by Crippen LogP contribution is 2.29. The van der Waals surface area contributed by atoms with Crippen LogP contribution in [0.15, 0.2) is 53.3 Å². The summed E-state index contributed by atoms with van der Waals surface area (Å²) in [5.41, 5.74) is 2.19. The van der Waals surface area contributed by atoms with Crippen LogP contribution < -0.4 is 11.0 Å². The van der Waals surface area contributed by atoms with E-state index in [4.69, 9.17) is 21.4 Å². The summed E-state index contributed by atoms with van der Waals surface area (Å²) in [6, 6.07) is 10.0. The molecular formula is C20H19ClFN5O2. The van der Waals surface area contributed by atoms with E-state index in [0.29, 0.717) is 18.1 Å². The van der Waals surface area contributed by atoms with Gasteiger partial charge in [0.25, 0.3) is 5.68 Å². The van der Waals surface area contributed by atoms with Crippen LogP contribution in [0.4, 0.5) is 10.3 Å². The van der Waals surface area contributed by atoms with Gasteiger partial charge in [0.15, 0.2) is 0 Å². The number of para-hydroxylation sites is 1. The highest BCUT2D eigenvalue weighted by atomic mass is 35.5. The number of aliphatic hydroxyl groups is 1. The summed E-state index contributed by atoms with van der Waals surface area (Å²) in [4.78, 5) is 7.83. The molecule has 2 heterocycles. The zero-order valence-corrected chi connectivity index (χ0v) is 16.3. The van der Waals surface area contributed by atoms with Gasteiger partial charge >= 0.3 is 0 Å². The Bertz CT molecular complexity index is 1230. The lowest BCUT2D eigenvalue weighted by Crippen LogP contribution is -2.36. The molecule has 4 aromatic rings. The van der Waals surface area contributed by atoms with Crippen molar-refractivity contribution in [1.29, 1.82) is 5.41 Å². The Labute approximate surface area is 170 Å². The first kappa shape index (κ1) is 19.2. The molecule has 0 aliphatic heterocycles. The van der Waals surface area contributed by atoms with E-state index in [2.05, 4.69) is 15.3 Å². The van der Waals surface area contributed by atoms with Gasteiger partial charge in [-0.25, -0.2) is 9.37 Å². The number of nitrogens with zero attached hydrogens (tertiary/aromatic N) is 2. The lowest BCUT2D eigenvalue weighted by atomic mass is 9.93. The Balaban J connectivity index is 1.68. The molecule has 0 aliphatic carbocycles. The third-order valence-corrected chi connectivity index (χ3v) is 5.18. The number of nitrogens with one attached hydrogen (secondary N) is 3. The Morgan fingerprint density at radius 1 is 1.38 bits per heavy atom. The Kier molecular flexibility index (Phi) is 4.89. The molecule has 29 heavy (non-hydrogen) atoms. The molecule has 2 aromatic heterocycles. The smallest absolute Gasteiger partial charge is 0.293 e. The minimum atomic E-state index is -0.932. The maximum Gasteiger partial charge on any atom is 0.293 e. The van der Waals surface area contributed by atoms with Crippen LogP contribution >= 0.6 is 11.6 Å². The van der Waals surface area contributed by atoms with Gasteiger partial charge in [-0.3, -0.25) is 9.98 Å². The number of fused-ring (bicyclic) bond motifs is 1. The molecule has 150 valence electrons. The third kappa shape index (κ3) is 3.64. The van der Waals surface area contributed by atoms with Gasteiger partial charge in [0, 0.05) is 6.20 Å². The number of anilines is 1. The summed E-state index contributed by atoms with van der Waals surface area (Å²) in [7, 11) is 0. The standard InChI is InChI=1S/C20H19ClFN5O2/c1-20(11-28,13-5-6-15(22)14(21)9-13)26-19-24-16-4-2-3-12(17(16)25-19)10-27-7-8-29-18(27)23/h2-9,23,28H,10-11H2,1H3,(H2,24,25,26). The van der Waals surface area contributed by atoms with Crippen LogP contribution in [-0.2, 0) is 12.1 Å². The molecule has 0 fully saturated rings. The van der Waals surface area contributed by atoms with Crippen molar-refractivity contribution in [1.82, 2.24) is 14.5 Å². The second-order valence-electron chi connectivity index (χ2n) is 6.98. The number of H-pyrrole nitrogens is 1. The number of oxazole rings is 1. The number of imidazole rings is 1. The summed E-state index contributed by atoms with van der Waals surface area (Å²) in [6.45, 7) is 1.95. The van der Waals surface area contributed by atoms with Crippen molar-refractivity contribution in [2.24, 2.45) is 0 Å². The number of aromatic amines is 1. The van der Waals surface area contributed by atoms with Crippen LogP contribution in [0, 0.1) is 11.2 Å². The number of rotatable bonds is 6. The summed E-state index contributed by atoms with van der Waals surface area (Å²) >= 11 is 5.91. The lowest BCUT2D eigenvalue weighted by molar-refractivity contribution is 0.223. The molecule has 4 rings (SSSR count). The largest absolute Gasteiger partial charge is 0.432 e. The quantitative estimate of drug-likeness (QED) is 0.386. The maximum absolute atomic E-state index is 13.5. The fourth-order valence-corrected chi connectivity index (χ4v) is 3.37. The first-order valence-corrected chi connectivity index (χ1v) is 9.28. The second kappa shape index (κ2) is 7.38. The lowest BCUT2D eigenvalue weighted by Gasteiger charge is -2.29. The number of aromatic nitrogens is 3. The van der Waals surface area contributed by atoms with Crippen molar-refractivity contribution in [3.8, 4) is 0 Å². The highest BCUT2D eigenvalue weighted by Gasteiger charge is 2.28. The van der Waals surface area contributed by atoms with Gasteiger partial charge in [0.1, 0.15) is 12.1 Å². The summed E-state index contributed by atoms with van der Waals surface area (Å²) in [5.74, 6) is -0.0673. The molecule has 0 saturated heterocycles. The van der Waals surface area contributed by atoms with Crippen LogP contribution in [0.5, 0.6) is 0 Å². The van der Waals surface area contributed by atoms with Crippen molar-refractivity contribution in [3.05, 3.63) is 76.5 Å². The first-order valence-electron chi connectivity index (χ1n) is 8.90. The predicted molar refractivity (Wildman–Crippen MR) is 107 cm³/mol. The zero-order valence-electron chi connectivity index (χ0n) is 15.5. The van der Waals surface area contributed by atoms with E-state index in [0.717, 1.165) is 16.6 Å². The van der Waals surface area contributed by atoms with Gasteiger partial charge in [-0.1, -0.05) is 29.8 Å². The molecule has 0 bridgehead atoms. The van der Waals surface area contributed by atoms with Gasteiger partial charge in [0.05, 0.1) is 34.7 Å². The van der Waals surface area contributed by atoms with E-state index in [1.807, 2.05) is 18.2 Å². The minimum absolute atomic E-state index is 0.0146. The molecule has 1 unspecified atom stereocenters. The van der Waals surface area contributed by atoms with Crippen LogP contribution in [0.2, 0.25) is 5.02 Å². The van der Waals surface area contributed by atoms with Crippen LogP contribution in [0.25, 0.3) is 11.0 Å². The van der Waals surface area contributed by atoms with Gasteiger partial charge in [0.2, 0.25) is 5.95 Å². The first-order chi connectivity index (χ1) is 13.9. The van der Waals surface area contributed by atoms with Gasteiger partial charge in [-0.2, -0.15) is 0 Å². The van der Waals surface area contributed by atoms with Crippen molar-refractivity contribution >= 4 is 28.6 Å². The van der Waals surface area contributed by atoms with Crippen LogP contribution in [0.1, 0.15) is 18.1 Å². The molecule has 0 radical (unpaired) electrons. The minimum Gasteiger partial charge on any atom is -0.432 e. The number of hydrogen-bond acceptors (Lipinski definition) is 5. The van der Waals surface area contributed by atoms with E-state index in [9.17, 15) is 9.50 Å². The van der Waals surface area contributed by atoms with Crippen molar-refractivity contribution in [3.63, 3.8) is 0 Å². The number of aliphatic hydroxyl groups excluding tert-OH is 1. The van der Waals surface area contributed by atoms with Crippen molar-refractivity contribution in [2.75, 3.05) is 11.9 Å². The molecular weight excluding hydrogens is 397 g/mol.